The fourth-order valence-corrected chi connectivity index (χ4v) is 3.54. The smallest absolute Gasteiger partial charge is 0.0305 e. The van der Waals surface area contributed by atoms with E-state index in [1.165, 1.54) is 15.3 Å². The van der Waals surface area contributed by atoms with Crippen LogP contribution in [0.1, 0.15) is 49.1 Å². The van der Waals surface area contributed by atoms with Crippen molar-refractivity contribution >= 4 is 22.7 Å². The van der Waals surface area contributed by atoms with Crippen LogP contribution in [0.25, 0.3) is 0 Å². The van der Waals surface area contributed by atoms with Crippen molar-refractivity contribution in [2.24, 2.45) is 0 Å². The third-order valence-corrected chi connectivity index (χ3v) is 5.24. The number of nitrogens with one attached hydrogen (secondary N) is 1. The molecule has 2 aromatic rings. The Balaban J connectivity index is 1.93. The van der Waals surface area contributed by atoms with Crippen LogP contribution in [0, 0.1) is 0 Å². The van der Waals surface area contributed by atoms with Crippen molar-refractivity contribution in [1.29, 1.82) is 0 Å². The topological polar surface area (TPSA) is 12.0 Å². The van der Waals surface area contributed by atoms with Crippen LogP contribution < -0.4 is 5.32 Å². The van der Waals surface area contributed by atoms with Gasteiger partial charge in [0.1, 0.15) is 0 Å². The summed E-state index contributed by atoms with van der Waals surface area (Å²) in [6.07, 6.45) is 0. The van der Waals surface area contributed by atoms with Gasteiger partial charge in [0, 0.05) is 22.3 Å². The molecule has 18 heavy (non-hydrogen) atoms. The highest BCUT2D eigenvalue weighted by molar-refractivity contribution is 7.12. The summed E-state index contributed by atoms with van der Waals surface area (Å²) in [7, 11) is 0. The van der Waals surface area contributed by atoms with Crippen molar-refractivity contribution in [2.45, 2.75) is 45.7 Å². The van der Waals surface area contributed by atoms with Gasteiger partial charge in [-0.25, -0.2) is 0 Å². The van der Waals surface area contributed by atoms with Crippen LogP contribution in [0.2, 0.25) is 0 Å². The first-order valence-electron chi connectivity index (χ1n) is 6.31. The molecule has 0 radical (unpaired) electrons. The van der Waals surface area contributed by atoms with Crippen LogP contribution >= 0.6 is 22.7 Å². The van der Waals surface area contributed by atoms with Crippen molar-refractivity contribution < 1.29 is 0 Å². The molecular weight excluding hydrogens is 258 g/mol. The van der Waals surface area contributed by atoms with E-state index in [1.807, 2.05) is 11.3 Å². The maximum absolute atomic E-state index is 3.58. The zero-order chi connectivity index (χ0) is 13.2. The summed E-state index contributed by atoms with van der Waals surface area (Å²) in [5.74, 6) is 0. The Bertz CT molecular complexity index is 477. The van der Waals surface area contributed by atoms with Crippen LogP contribution in [0.15, 0.2) is 29.0 Å². The molecule has 0 saturated carbocycles. The zero-order valence-electron chi connectivity index (χ0n) is 11.5. The lowest BCUT2D eigenvalue weighted by Crippen LogP contribution is -2.16. The molecule has 0 aliphatic heterocycles. The molecule has 1 N–H and O–H groups in total. The number of hydrogen-bond acceptors (Lipinski definition) is 3. The molecule has 0 bridgehead atoms. The Morgan fingerprint density at radius 3 is 2.56 bits per heavy atom. The molecule has 2 aromatic heterocycles. The molecule has 3 heteroatoms. The third-order valence-electron chi connectivity index (χ3n) is 3.03. The van der Waals surface area contributed by atoms with E-state index in [1.54, 1.807) is 11.3 Å². The van der Waals surface area contributed by atoms with Gasteiger partial charge >= 0.3 is 0 Å². The Morgan fingerprint density at radius 1 is 1.22 bits per heavy atom. The van der Waals surface area contributed by atoms with E-state index in [-0.39, 0.29) is 5.41 Å². The molecule has 0 aliphatic rings. The van der Waals surface area contributed by atoms with Crippen LogP contribution in [-0.2, 0) is 12.0 Å². The van der Waals surface area contributed by atoms with E-state index in [4.69, 9.17) is 0 Å². The van der Waals surface area contributed by atoms with Crippen LogP contribution in [-0.4, -0.2) is 0 Å². The SMILES string of the molecule is CC(NCc1ccc(C(C)(C)C)s1)c1ccsc1. The van der Waals surface area contributed by atoms with Gasteiger partial charge in [-0.1, -0.05) is 20.8 Å². The lowest BCUT2D eigenvalue weighted by atomic mass is 9.95. The van der Waals surface area contributed by atoms with E-state index in [2.05, 4.69) is 62.0 Å². The Kier molecular flexibility index (Phi) is 4.25. The summed E-state index contributed by atoms with van der Waals surface area (Å²) in [6.45, 7) is 9.98. The first-order valence-corrected chi connectivity index (χ1v) is 8.07. The minimum atomic E-state index is 0.266. The summed E-state index contributed by atoms with van der Waals surface area (Å²) in [5.41, 5.74) is 1.65. The van der Waals surface area contributed by atoms with E-state index < -0.39 is 0 Å². The van der Waals surface area contributed by atoms with Gasteiger partial charge in [0.25, 0.3) is 0 Å². The van der Waals surface area contributed by atoms with Crippen molar-refractivity contribution in [1.82, 2.24) is 5.32 Å². The van der Waals surface area contributed by atoms with Gasteiger partial charge in [-0.3, -0.25) is 0 Å². The minimum absolute atomic E-state index is 0.266. The maximum Gasteiger partial charge on any atom is 0.0305 e. The Hall–Kier alpha value is -0.640. The van der Waals surface area contributed by atoms with Gasteiger partial charge in [-0.05, 0) is 46.9 Å². The van der Waals surface area contributed by atoms with Gasteiger partial charge in [0.2, 0.25) is 0 Å². The summed E-state index contributed by atoms with van der Waals surface area (Å²) in [6, 6.07) is 7.13. The van der Waals surface area contributed by atoms with Gasteiger partial charge in [0.05, 0.1) is 0 Å². The second-order valence-electron chi connectivity index (χ2n) is 5.68. The number of thiophene rings is 2. The standard InChI is InChI=1S/C15H21NS2/c1-11(12-7-8-17-10-12)16-9-13-5-6-14(18-13)15(2,3)4/h5-8,10-11,16H,9H2,1-4H3. The fourth-order valence-electron chi connectivity index (χ4n) is 1.77. The summed E-state index contributed by atoms with van der Waals surface area (Å²) >= 11 is 3.68. The average molecular weight is 279 g/mol. The van der Waals surface area contributed by atoms with E-state index in [9.17, 15) is 0 Å². The molecule has 1 nitrogen and oxygen atoms in total. The van der Waals surface area contributed by atoms with Gasteiger partial charge in [-0.15, -0.1) is 11.3 Å². The molecule has 1 atom stereocenters. The third kappa shape index (κ3) is 3.44. The van der Waals surface area contributed by atoms with E-state index in [0.717, 1.165) is 6.54 Å². The highest BCUT2D eigenvalue weighted by atomic mass is 32.1. The first-order chi connectivity index (χ1) is 8.47. The van der Waals surface area contributed by atoms with Crippen molar-refractivity contribution in [2.75, 3.05) is 0 Å². The maximum atomic E-state index is 3.58. The summed E-state index contributed by atoms with van der Waals surface area (Å²) < 4.78 is 0. The second-order valence-corrected chi connectivity index (χ2v) is 7.62. The molecule has 2 rings (SSSR count). The summed E-state index contributed by atoms with van der Waals surface area (Å²) in [5, 5.41) is 7.93. The molecule has 98 valence electrons. The molecule has 2 heterocycles. The average Bonchev–Trinajstić information content (AvgIpc) is 2.96. The largest absolute Gasteiger partial charge is 0.305 e. The molecule has 0 fully saturated rings. The molecule has 0 saturated heterocycles. The molecule has 0 amide bonds. The molecule has 0 aromatic carbocycles. The van der Waals surface area contributed by atoms with Crippen molar-refractivity contribution in [3.8, 4) is 0 Å². The normalized spacial score (nSPS) is 13.8. The zero-order valence-corrected chi connectivity index (χ0v) is 13.1. The van der Waals surface area contributed by atoms with Gasteiger partial charge < -0.3 is 5.32 Å². The Morgan fingerprint density at radius 2 is 2.00 bits per heavy atom. The van der Waals surface area contributed by atoms with Crippen LogP contribution in [0.3, 0.4) is 0 Å². The van der Waals surface area contributed by atoms with Crippen molar-refractivity contribution in [3.63, 3.8) is 0 Å². The molecule has 1 unspecified atom stereocenters. The lowest BCUT2D eigenvalue weighted by Gasteiger charge is -2.15. The van der Waals surface area contributed by atoms with Gasteiger partial charge in [-0.2, -0.15) is 11.3 Å². The van der Waals surface area contributed by atoms with E-state index >= 15 is 0 Å². The van der Waals surface area contributed by atoms with E-state index in [0.29, 0.717) is 6.04 Å². The summed E-state index contributed by atoms with van der Waals surface area (Å²) in [4.78, 5) is 2.88. The Labute approximate surface area is 118 Å². The van der Waals surface area contributed by atoms with Crippen molar-refractivity contribution in [3.05, 3.63) is 44.3 Å². The minimum Gasteiger partial charge on any atom is -0.305 e. The second kappa shape index (κ2) is 5.55. The predicted octanol–water partition coefficient (Wildman–Crippen LogP) is 4.96. The monoisotopic (exact) mass is 279 g/mol. The molecular formula is C15H21NS2. The first kappa shape index (κ1) is 13.8. The number of rotatable bonds is 4. The highest BCUT2D eigenvalue weighted by Crippen LogP contribution is 2.29. The lowest BCUT2D eigenvalue weighted by molar-refractivity contribution is 0.580. The molecule has 0 aliphatic carbocycles. The van der Waals surface area contributed by atoms with Crippen LogP contribution in [0.5, 0.6) is 0 Å². The highest BCUT2D eigenvalue weighted by Gasteiger charge is 2.16. The van der Waals surface area contributed by atoms with Crippen LogP contribution in [0.4, 0.5) is 0 Å². The molecule has 0 spiro atoms. The fraction of sp³-hybridized carbons (Fsp3) is 0.467. The quantitative estimate of drug-likeness (QED) is 0.834. The number of hydrogen-bond donors (Lipinski definition) is 1. The van der Waals surface area contributed by atoms with Gasteiger partial charge in [0.15, 0.2) is 0 Å². The predicted molar refractivity (Wildman–Crippen MR) is 82.6 cm³/mol.